The second-order valence-electron chi connectivity index (χ2n) is 8.51. The molecule has 192 valence electrons. The third kappa shape index (κ3) is 4.27. The summed E-state index contributed by atoms with van der Waals surface area (Å²) in [6.45, 7) is 0. The summed E-state index contributed by atoms with van der Waals surface area (Å²) < 4.78 is 92.7. The van der Waals surface area contributed by atoms with Gasteiger partial charge in [-0.05, 0) is 41.3 Å². The Labute approximate surface area is 213 Å². The number of carbonyl (C=O) groups is 1. The molecule has 0 saturated heterocycles. The van der Waals surface area contributed by atoms with Gasteiger partial charge in [-0.15, -0.1) is 0 Å². The number of fused-ring (bicyclic) bond motifs is 3. The van der Waals surface area contributed by atoms with E-state index in [4.69, 9.17) is 4.74 Å². The van der Waals surface area contributed by atoms with Crippen molar-refractivity contribution in [3.63, 3.8) is 0 Å². The minimum absolute atomic E-state index is 0.0337. The van der Waals surface area contributed by atoms with E-state index in [-0.39, 0.29) is 16.8 Å². The molecule has 0 fully saturated rings. The maximum absolute atomic E-state index is 15.0. The molecule has 2 aliphatic rings. The molecule has 5 rings (SSSR count). The van der Waals surface area contributed by atoms with Crippen LogP contribution in [0.4, 0.5) is 32.0 Å². The number of hydrogen-bond donors (Lipinski definition) is 0. The van der Waals surface area contributed by atoms with Crippen LogP contribution in [-0.4, -0.2) is 30.0 Å². The van der Waals surface area contributed by atoms with Crippen LogP contribution in [0.25, 0.3) is 11.8 Å². The minimum atomic E-state index is -5.65. The highest BCUT2D eigenvalue weighted by atomic mass is 19.4. The number of benzene rings is 3. The predicted octanol–water partition coefficient (Wildman–Crippen LogP) is 6.77. The Morgan fingerprint density at radius 1 is 0.842 bits per heavy atom. The third-order valence-corrected chi connectivity index (χ3v) is 6.11. The summed E-state index contributed by atoms with van der Waals surface area (Å²) >= 11 is 0. The lowest BCUT2D eigenvalue weighted by Crippen LogP contribution is -2.60. The number of ether oxygens (including phenoxy) is 1. The first kappa shape index (κ1) is 25.4. The van der Waals surface area contributed by atoms with Gasteiger partial charge in [-0.3, -0.25) is 4.79 Å². The predicted molar refractivity (Wildman–Crippen MR) is 129 cm³/mol. The van der Waals surface area contributed by atoms with Gasteiger partial charge in [0.1, 0.15) is 0 Å². The number of anilines is 1. The van der Waals surface area contributed by atoms with Crippen molar-refractivity contribution in [2.75, 3.05) is 4.90 Å². The van der Waals surface area contributed by atoms with Crippen LogP contribution in [-0.2, 0) is 9.53 Å². The minimum Gasteiger partial charge on any atom is -0.322 e. The van der Waals surface area contributed by atoms with Crippen LogP contribution in [0.3, 0.4) is 0 Å². The average Bonchev–Trinajstić information content (AvgIpc) is 2.90. The molecule has 0 bridgehead atoms. The molecule has 0 N–H and O–H groups in total. The van der Waals surface area contributed by atoms with Crippen LogP contribution in [0.2, 0.25) is 0 Å². The van der Waals surface area contributed by atoms with Gasteiger partial charge < -0.3 is 9.64 Å². The molecular weight excluding hydrogens is 508 g/mol. The molecule has 0 spiro atoms. The molecular formula is C29H17F6NO2. The first-order valence-corrected chi connectivity index (χ1v) is 11.3. The van der Waals surface area contributed by atoms with E-state index >= 15 is 13.2 Å². The van der Waals surface area contributed by atoms with Gasteiger partial charge in [-0.25, -0.2) is 0 Å². The highest BCUT2D eigenvalue weighted by Gasteiger charge is 2.67. The molecule has 2 heterocycles. The summed E-state index contributed by atoms with van der Waals surface area (Å²) in [4.78, 5) is 14.2. The molecule has 0 aromatic heterocycles. The average molecular weight is 525 g/mol. The maximum atomic E-state index is 15.0. The smallest absolute Gasteiger partial charge is 0.322 e. The Kier molecular flexibility index (Phi) is 6.16. The highest BCUT2D eigenvalue weighted by Crippen LogP contribution is 2.52. The zero-order chi connectivity index (χ0) is 27.1. The number of alkyl halides is 6. The second kappa shape index (κ2) is 9.23. The zero-order valence-electron chi connectivity index (χ0n) is 19.3. The number of rotatable bonds is 2. The summed E-state index contributed by atoms with van der Waals surface area (Å²) in [5, 5.41) is 0. The van der Waals surface area contributed by atoms with Gasteiger partial charge in [0, 0.05) is 5.56 Å². The molecule has 2 aliphatic heterocycles. The Morgan fingerprint density at radius 2 is 1.45 bits per heavy atom. The van der Waals surface area contributed by atoms with Crippen molar-refractivity contribution >= 4 is 23.2 Å². The van der Waals surface area contributed by atoms with Gasteiger partial charge >= 0.3 is 12.4 Å². The zero-order valence-corrected chi connectivity index (χ0v) is 19.3. The Balaban J connectivity index is 1.92. The standard InChI is InChI=1S/C29H17F6NO2/c30-28(31,32)26(37)24-25(21-12-5-2-6-13-21)36-22-14-8-7-11-20(22)15-16-23(36)38-27(24,29(33,34)35)18-17-19-9-3-1-4-10-19/h1-16,23H/t23-,27-/m0/s1. The Bertz CT molecular complexity index is 1500. The summed E-state index contributed by atoms with van der Waals surface area (Å²) in [7, 11) is 0. The van der Waals surface area contributed by atoms with Crippen LogP contribution < -0.4 is 4.90 Å². The number of ketones is 1. The fourth-order valence-electron chi connectivity index (χ4n) is 4.47. The van der Waals surface area contributed by atoms with Crippen LogP contribution >= 0.6 is 0 Å². The monoisotopic (exact) mass is 525 g/mol. The van der Waals surface area contributed by atoms with Crippen LogP contribution in [0.15, 0.2) is 96.6 Å². The van der Waals surface area contributed by atoms with Gasteiger partial charge in [-0.1, -0.05) is 78.7 Å². The SMILES string of the molecule is O=C(C1=C(c2ccccc2)N2c3ccccc3C=C[C@@H]2O[C@]1(C#Cc1ccccc1)C(F)(F)F)C(F)(F)F. The van der Waals surface area contributed by atoms with Gasteiger partial charge in [0.2, 0.25) is 0 Å². The van der Waals surface area contributed by atoms with E-state index in [2.05, 4.69) is 5.92 Å². The van der Waals surface area contributed by atoms with Gasteiger partial charge in [-0.2, -0.15) is 26.3 Å². The number of para-hydroxylation sites is 1. The Hall–Kier alpha value is -4.29. The Morgan fingerprint density at radius 3 is 2.08 bits per heavy atom. The molecule has 3 nitrogen and oxygen atoms in total. The van der Waals surface area contributed by atoms with Crippen LogP contribution in [0, 0.1) is 11.8 Å². The van der Waals surface area contributed by atoms with Crippen molar-refractivity contribution in [3.05, 3.63) is 113 Å². The first-order chi connectivity index (χ1) is 18.0. The number of nitrogens with zero attached hydrogens (tertiary/aromatic N) is 1. The van der Waals surface area contributed by atoms with E-state index in [0.29, 0.717) is 5.56 Å². The lowest BCUT2D eigenvalue weighted by atomic mass is 9.82. The van der Waals surface area contributed by atoms with E-state index in [0.717, 1.165) is 0 Å². The summed E-state index contributed by atoms with van der Waals surface area (Å²) in [5.41, 5.74) is -5.25. The summed E-state index contributed by atoms with van der Waals surface area (Å²) in [6.07, 6.45) is -9.88. The topological polar surface area (TPSA) is 29.5 Å². The van der Waals surface area contributed by atoms with Crippen molar-refractivity contribution in [2.45, 2.75) is 24.2 Å². The van der Waals surface area contributed by atoms with Crippen molar-refractivity contribution in [1.29, 1.82) is 0 Å². The molecule has 3 aromatic carbocycles. The highest BCUT2D eigenvalue weighted by molar-refractivity contribution is 6.11. The van der Waals surface area contributed by atoms with Gasteiger partial charge in [0.05, 0.1) is 17.0 Å². The van der Waals surface area contributed by atoms with Crippen molar-refractivity contribution in [3.8, 4) is 11.8 Å². The molecule has 0 radical (unpaired) electrons. The normalized spacial score (nSPS) is 20.8. The molecule has 3 aromatic rings. The summed E-state index contributed by atoms with van der Waals surface area (Å²) in [5.74, 6) is 1.52. The number of halogens is 6. The van der Waals surface area contributed by atoms with Crippen molar-refractivity contribution in [2.24, 2.45) is 0 Å². The molecule has 0 saturated carbocycles. The van der Waals surface area contributed by atoms with Crippen LogP contribution in [0.1, 0.15) is 16.7 Å². The molecule has 9 heteroatoms. The largest absolute Gasteiger partial charge is 0.454 e. The molecule has 2 atom stereocenters. The molecule has 0 unspecified atom stereocenters. The van der Waals surface area contributed by atoms with E-state index in [1.807, 2.05) is 5.92 Å². The van der Waals surface area contributed by atoms with E-state index in [1.54, 1.807) is 30.3 Å². The lowest BCUT2D eigenvalue weighted by molar-refractivity contribution is -0.250. The summed E-state index contributed by atoms with van der Waals surface area (Å²) in [6, 6.07) is 21.0. The molecule has 38 heavy (non-hydrogen) atoms. The molecule has 0 amide bonds. The van der Waals surface area contributed by atoms with Crippen molar-refractivity contribution in [1.82, 2.24) is 0 Å². The number of carbonyl (C=O) groups excluding carboxylic acids is 1. The lowest BCUT2D eigenvalue weighted by Gasteiger charge is -2.48. The third-order valence-electron chi connectivity index (χ3n) is 6.11. The number of hydrogen-bond acceptors (Lipinski definition) is 3. The fourth-order valence-corrected chi connectivity index (χ4v) is 4.47. The van der Waals surface area contributed by atoms with E-state index < -0.39 is 41.2 Å². The van der Waals surface area contributed by atoms with E-state index in [1.165, 1.54) is 71.6 Å². The fraction of sp³-hybridized carbons (Fsp3) is 0.138. The van der Waals surface area contributed by atoms with Crippen LogP contribution in [0.5, 0.6) is 0 Å². The molecule has 0 aliphatic carbocycles. The second-order valence-corrected chi connectivity index (χ2v) is 8.51. The van der Waals surface area contributed by atoms with Gasteiger partial charge in [0.15, 0.2) is 6.23 Å². The van der Waals surface area contributed by atoms with Crippen molar-refractivity contribution < 1.29 is 35.9 Å². The quantitative estimate of drug-likeness (QED) is 0.273. The van der Waals surface area contributed by atoms with E-state index in [9.17, 15) is 18.0 Å². The number of Topliss-reactive ketones (excluding diaryl/α,β-unsaturated/α-hetero) is 1. The van der Waals surface area contributed by atoms with Gasteiger partial charge in [0.25, 0.3) is 11.4 Å². The maximum Gasteiger partial charge on any atom is 0.454 e. The first-order valence-electron chi connectivity index (χ1n) is 11.3.